The van der Waals surface area contributed by atoms with Crippen LogP contribution in [0.2, 0.25) is 13.1 Å². The molecule has 2 nitrogen and oxygen atoms in total. The third-order valence-electron chi connectivity index (χ3n) is 2.12. The Kier molecular flexibility index (Phi) is 4.04. The van der Waals surface area contributed by atoms with Crippen molar-refractivity contribution in [3.63, 3.8) is 0 Å². The molecule has 0 saturated heterocycles. The fourth-order valence-electron chi connectivity index (χ4n) is 1.27. The standard InChI is InChI=1S/C11H17NOSi/c1-13-9-6-10-14(2,3)11-7-4-5-8-12-11/h4-8,10H,9H2,1-3H3. The summed E-state index contributed by atoms with van der Waals surface area (Å²) in [5.41, 5.74) is 2.26. The molecule has 0 aliphatic rings. The van der Waals surface area contributed by atoms with Gasteiger partial charge in [0, 0.05) is 18.6 Å². The van der Waals surface area contributed by atoms with Crippen LogP contribution in [0.4, 0.5) is 0 Å². The summed E-state index contributed by atoms with van der Waals surface area (Å²) >= 11 is 0. The van der Waals surface area contributed by atoms with Crippen molar-refractivity contribution in [2.45, 2.75) is 13.1 Å². The van der Waals surface area contributed by atoms with Crippen LogP contribution in [0, 0.1) is 0 Å². The lowest BCUT2D eigenvalue weighted by atomic mass is 10.5. The highest BCUT2D eigenvalue weighted by atomic mass is 28.3. The third kappa shape index (κ3) is 3.09. The first-order valence-corrected chi connectivity index (χ1v) is 7.83. The summed E-state index contributed by atoms with van der Waals surface area (Å²) in [5.74, 6) is 0. The number of aromatic nitrogens is 1. The Morgan fingerprint density at radius 1 is 1.43 bits per heavy atom. The number of nitrogens with zero attached hydrogens (tertiary/aromatic N) is 1. The van der Waals surface area contributed by atoms with Gasteiger partial charge < -0.3 is 4.74 Å². The van der Waals surface area contributed by atoms with E-state index in [4.69, 9.17) is 4.74 Å². The van der Waals surface area contributed by atoms with Gasteiger partial charge >= 0.3 is 0 Å². The van der Waals surface area contributed by atoms with E-state index in [0.717, 1.165) is 0 Å². The summed E-state index contributed by atoms with van der Waals surface area (Å²) in [6, 6.07) is 6.09. The first-order valence-electron chi connectivity index (χ1n) is 4.75. The van der Waals surface area contributed by atoms with Crippen LogP contribution in [0.3, 0.4) is 0 Å². The molecule has 76 valence electrons. The van der Waals surface area contributed by atoms with Crippen molar-refractivity contribution in [2.75, 3.05) is 13.7 Å². The first kappa shape index (κ1) is 11.1. The van der Waals surface area contributed by atoms with Crippen LogP contribution >= 0.6 is 0 Å². The smallest absolute Gasteiger partial charge is 0.127 e. The van der Waals surface area contributed by atoms with Crippen LogP contribution in [0.15, 0.2) is 36.2 Å². The molecule has 0 amide bonds. The van der Waals surface area contributed by atoms with Crippen LogP contribution < -0.4 is 5.32 Å². The van der Waals surface area contributed by atoms with Crippen molar-refractivity contribution in [1.82, 2.24) is 4.98 Å². The maximum atomic E-state index is 4.99. The Balaban J connectivity index is 2.75. The van der Waals surface area contributed by atoms with E-state index in [-0.39, 0.29) is 0 Å². The fourth-order valence-corrected chi connectivity index (χ4v) is 3.06. The normalized spacial score (nSPS) is 12.2. The van der Waals surface area contributed by atoms with Gasteiger partial charge in [0.2, 0.25) is 0 Å². The molecule has 1 rings (SSSR count). The van der Waals surface area contributed by atoms with Crippen molar-refractivity contribution in [2.24, 2.45) is 0 Å². The largest absolute Gasteiger partial charge is 0.381 e. The Bertz CT molecular complexity index is 295. The summed E-state index contributed by atoms with van der Waals surface area (Å²) < 4.78 is 4.99. The van der Waals surface area contributed by atoms with Crippen LogP contribution in [0.25, 0.3) is 0 Å². The van der Waals surface area contributed by atoms with Gasteiger partial charge in [0.15, 0.2) is 0 Å². The molecule has 0 spiro atoms. The topological polar surface area (TPSA) is 22.1 Å². The molecule has 0 radical (unpaired) electrons. The second-order valence-corrected chi connectivity index (χ2v) is 8.08. The van der Waals surface area contributed by atoms with Gasteiger partial charge in [0.1, 0.15) is 8.07 Å². The zero-order valence-electron chi connectivity index (χ0n) is 9.03. The zero-order valence-corrected chi connectivity index (χ0v) is 10.0. The third-order valence-corrected chi connectivity index (χ3v) is 4.81. The minimum Gasteiger partial charge on any atom is -0.381 e. The number of ether oxygens (including phenoxy) is 1. The van der Waals surface area contributed by atoms with Gasteiger partial charge in [-0.05, 0) is 12.1 Å². The van der Waals surface area contributed by atoms with E-state index in [2.05, 4.69) is 35.9 Å². The lowest BCUT2D eigenvalue weighted by Crippen LogP contribution is -2.41. The molecule has 0 unspecified atom stereocenters. The molecule has 14 heavy (non-hydrogen) atoms. The van der Waals surface area contributed by atoms with E-state index < -0.39 is 8.07 Å². The van der Waals surface area contributed by atoms with Crippen molar-refractivity contribution in [1.29, 1.82) is 0 Å². The van der Waals surface area contributed by atoms with Crippen LogP contribution in [-0.4, -0.2) is 26.8 Å². The second-order valence-electron chi connectivity index (χ2n) is 3.79. The van der Waals surface area contributed by atoms with Gasteiger partial charge in [-0.3, -0.25) is 4.98 Å². The highest BCUT2D eigenvalue weighted by Gasteiger charge is 2.20. The molecule has 1 aromatic heterocycles. The SMILES string of the molecule is COCC=C[Si](C)(C)c1ccccn1. The van der Waals surface area contributed by atoms with Gasteiger partial charge in [-0.25, -0.2) is 0 Å². The van der Waals surface area contributed by atoms with Gasteiger partial charge in [0.05, 0.1) is 6.61 Å². The van der Waals surface area contributed by atoms with Gasteiger partial charge in [-0.1, -0.05) is 30.9 Å². The molecule has 0 N–H and O–H groups in total. The van der Waals surface area contributed by atoms with Gasteiger partial charge in [-0.15, -0.1) is 0 Å². The lowest BCUT2D eigenvalue weighted by molar-refractivity contribution is 0.234. The Morgan fingerprint density at radius 3 is 2.79 bits per heavy atom. The summed E-state index contributed by atoms with van der Waals surface area (Å²) in [7, 11) is 0.220. The van der Waals surface area contributed by atoms with E-state index in [1.807, 2.05) is 18.3 Å². The second kappa shape index (κ2) is 5.07. The molecule has 3 heteroatoms. The summed E-state index contributed by atoms with van der Waals surface area (Å²) in [4.78, 5) is 4.40. The summed E-state index contributed by atoms with van der Waals surface area (Å²) in [6.45, 7) is 5.24. The average molecular weight is 207 g/mol. The quantitative estimate of drug-likeness (QED) is 0.702. The predicted octanol–water partition coefficient (Wildman–Crippen LogP) is 1.74. The van der Waals surface area contributed by atoms with Crippen LogP contribution in [0.1, 0.15) is 0 Å². The van der Waals surface area contributed by atoms with Crippen molar-refractivity contribution < 1.29 is 4.74 Å². The molecular weight excluding hydrogens is 190 g/mol. The van der Waals surface area contributed by atoms with Gasteiger partial charge in [-0.2, -0.15) is 0 Å². The van der Waals surface area contributed by atoms with E-state index in [1.165, 1.54) is 5.32 Å². The molecule has 1 aromatic rings. The number of pyridine rings is 1. The Morgan fingerprint density at radius 2 is 2.21 bits per heavy atom. The van der Waals surface area contributed by atoms with E-state index in [1.54, 1.807) is 7.11 Å². The maximum absolute atomic E-state index is 4.99. The fraction of sp³-hybridized carbons (Fsp3) is 0.364. The molecule has 0 aromatic carbocycles. The van der Waals surface area contributed by atoms with Crippen LogP contribution in [0.5, 0.6) is 0 Å². The predicted molar refractivity (Wildman–Crippen MR) is 62.4 cm³/mol. The van der Waals surface area contributed by atoms with E-state index in [0.29, 0.717) is 6.61 Å². The molecule has 1 heterocycles. The molecule has 0 saturated carbocycles. The van der Waals surface area contributed by atoms with E-state index >= 15 is 0 Å². The summed E-state index contributed by atoms with van der Waals surface area (Å²) in [5, 5.41) is 1.22. The zero-order chi connectivity index (χ0) is 10.4. The number of hydrogen-bond donors (Lipinski definition) is 0. The molecule has 0 bridgehead atoms. The number of rotatable bonds is 4. The molecule has 0 fully saturated rings. The van der Waals surface area contributed by atoms with Gasteiger partial charge in [0.25, 0.3) is 0 Å². The van der Waals surface area contributed by atoms with Crippen molar-refractivity contribution in [3.05, 3.63) is 36.2 Å². The minimum absolute atomic E-state index is 0.684. The maximum Gasteiger partial charge on any atom is 0.127 e. The average Bonchev–Trinajstić information content (AvgIpc) is 2.19. The van der Waals surface area contributed by atoms with Crippen LogP contribution in [-0.2, 0) is 4.74 Å². The highest BCUT2D eigenvalue weighted by Crippen LogP contribution is 2.02. The monoisotopic (exact) mass is 207 g/mol. The Hall–Kier alpha value is -0.933. The number of methoxy groups -OCH3 is 1. The first-order chi connectivity index (χ1) is 6.67. The minimum atomic E-state index is -1.49. The highest BCUT2D eigenvalue weighted by molar-refractivity contribution is 6.93. The van der Waals surface area contributed by atoms with Crippen molar-refractivity contribution in [3.8, 4) is 0 Å². The summed E-state index contributed by atoms with van der Waals surface area (Å²) in [6.07, 6.45) is 3.94. The molecule has 0 aliphatic carbocycles. The lowest BCUT2D eigenvalue weighted by Gasteiger charge is -2.16. The van der Waals surface area contributed by atoms with E-state index in [9.17, 15) is 0 Å². The molecule has 0 aliphatic heterocycles. The Labute approximate surface area is 86.6 Å². The van der Waals surface area contributed by atoms with Crippen molar-refractivity contribution >= 4 is 13.4 Å². The molecule has 0 atom stereocenters. The number of hydrogen-bond acceptors (Lipinski definition) is 2. The molecular formula is C11H17NOSi.